The Hall–Kier alpha value is -2.18. The second-order valence-electron chi connectivity index (χ2n) is 5.94. The van der Waals surface area contributed by atoms with Gasteiger partial charge in [0.2, 0.25) is 5.91 Å². The van der Waals surface area contributed by atoms with Gasteiger partial charge in [0.05, 0.1) is 25.5 Å². The van der Waals surface area contributed by atoms with Gasteiger partial charge in [-0.25, -0.2) is 0 Å². The number of nitrogens with two attached hydrogens (primary N) is 1. The van der Waals surface area contributed by atoms with Crippen LogP contribution in [0.2, 0.25) is 0 Å². The minimum atomic E-state index is -0.415. The average molecular weight is 314 g/mol. The van der Waals surface area contributed by atoms with E-state index in [0.29, 0.717) is 26.2 Å². The molecule has 0 radical (unpaired) electrons. The number of carbonyl (C=O) groups excluding carboxylic acids is 1. The van der Waals surface area contributed by atoms with Gasteiger partial charge in [0.15, 0.2) is 0 Å². The van der Waals surface area contributed by atoms with Gasteiger partial charge in [0, 0.05) is 19.3 Å². The molecule has 1 aromatic heterocycles. The molecule has 23 heavy (non-hydrogen) atoms. The standard InChI is InChI=1S/C17H22N4O2/c1-13-9-19-21(10-13)12-15-11-20(7-8-23-15)16(17(18)22)14-5-3-2-4-6-14/h2-6,9-10,15-16H,7-8,11-12H2,1H3,(H2,18,22)/t15-,16-/m1/s1. The number of nitrogens with zero attached hydrogens (tertiary/aromatic N) is 3. The Bertz CT molecular complexity index is 656. The third kappa shape index (κ3) is 3.78. The Labute approximate surface area is 135 Å². The highest BCUT2D eigenvalue weighted by atomic mass is 16.5. The number of morpholine rings is 1. The summed E-state index contributed by atoms with van der Waals surface area (Å²) in [5.74, 6) is -0.327. The first-order valence-corrected chi connectivity index (χ1v) is 7.82. The molecule has 1 saturated heterocycles. The van der Waals surface area contributed by atoms with E-state index in [-0.39, 0.29) is 12.0 Å². The van der Waals surface area contributed by atoms with Crippen LogP contribution in [-0.2, 0) is 16.1 Å². The maximum absolute atomic E-state index is 12.0. The Kier molecular flexibility index (Phi) is 4.73. The van der Waals surface area contributed by atoms with Gasteiger partial charge in [-0.05, 0) is 18.1 Å². The molecule has 6 heteroatoms. The molecule has 1 aliphatic rings. The number of benzene rings is 1. The lowest BCUT2D eigenvalue weighted by molar-refractivity contribution is -0.127. The zero-order valence-corrected chi connectivity index (χ0v) is 13.3. The maximum atomic E-state index is 12.0. The van der Waals surface area contributed by atoms with Crippen molar-refractivity contribution in [1.29, 1.82) is 0 Å². The Balaban J connectivity index is 1.72. The first-order chi connectivity index (χ1) is 11.1. The predicted molar refractivity (Wildman–Crippen MR) is 86.7 cm³/mol. The van der Waals surface area contributed by atoms with Crippen LogP contribution in [0.15, 0.2) is 42.7 Å². The number of primary amides is 1. The molecule has 2 atom stereocenters. The third-order valence-electron chi connectivity index (χ3n) is 4.07. The second kappa shape index (κ2) is 6.93. The highest BCUT2D eigenvalue weighted by Gasteiger charge is 2.31. The zero-order chi connectivity index (χ0) is 16.2. The second-order valence-corrected chi connectivity index (χ2v) is 5.94. The fourth-order valence-electron chi connectivity index (χ4n) is 3.05. The van der Waals surface area contributed by atoms with Crippen LogP contribution < -0.4 is 5.73 Å². The van der Waals surface area contributed by atoms with E-state index in [9.17, 15) is 4.79 Å². The van der Waals surface area contributed by atoms with Gasteiger partial charge >= 0.3 is 0 Å². The van der Waals surface area contributed by atoms with E-state index in [1.807, 2.05) is 54.3 Å². The lowest BCUT2D eigenvalue weighted by Gasteiger charge is -2.37. The van der Waals surface area contributed by atoms with Gasteiger partial charge in [-0.3, -0.25) is 14.4 Å². The molecule has 2 heterocycles. The largest absolute Gasteiger partial charge is 0.374 e. The molecule has 0 bridgehead atoms. The Morgan fingerprint density at radius 1 is 1.43 bits per heavy atom. The summed E-state index contributed by atoms with van der Waals surface area (Å²) in [7, 11) is 0. The highest BCUT2D eigenvalue weighted by molar-refractivity contribution is 5.81. The number of carbonyl (C=O) groups is 1. The fourth-order valence-corrected chi connectivity index (χ4v) is 3.05. The molecule has 1 amide bonds. The van der Waals surface area contributed by atoms with Gasteiger partial charge in [0.1, 0.15) is 6.04 Å². The van der Waals surface area contributed by atoms with E-state index in [0.717, 1.165) is 11.1 Å². The van der Waals surface area contributed by atoms with Crippen LogP contribution >= 0.6 is 0 Å². The van der Waals surface area contributed by atoms with E-state index < -0.39 is 6.04 Å². The van der Waals surface area contributed by atoms with Crippen LogP contribution in [0.25, 0.3) is 0 Å². The molecule has 0 aliphatic carbocycles. The normalized spacial score (nSPS) is 20.3. The van der Waals surface area contributed by atoms with Crippen LogP contribution in [0.3, 0.4) is 0 Å². The van der Waals surface area contributed by atoms with Crippen LogP contribution in [0, 0.1) is 6.92 Å². The summed E-state index contributed by atoms with van der Waals surface area (Å²) in [6.45, 7) is 4.61. The molecule has 6 nitrogen and oxygen atoms in total. The molecule has 122 valence electrons. The molecule has 2 N–H and O–H groups in total. The average Bonchev–Trinajstić information content (AvgIpc) is 2.94. The fraction of sp³-hybridized carbons (Fsp3) is 0.412. The van der Waals surface area contributed by atoms with Crippen LogP contribution in [0.1, 0.15) is 17.2 Å². The number of hydrogen-bond acceptors (Lipinski definition) is 4. The summed E-state index contributed by atoms with van der Waals surface area (Å²) in [5.41, 5.74) is 7.71. The summed E-state index contributed by atoms with van der Waals surface area (Å²) >= 11 is 0. The Morgan fingerprint density at radius 2 is 2.22 bits per heavy atom. The van der Waals surface area contributed by atoms with Gasteiger partial charge in [-0.2, -0.15) is 5.10 Å². The topological polar surface area (TPSA) is 73.4 Å². The molecule has 1 aromatic carbocycles. The molecule has 0 saturated carbocycles. The van der Waals surface area contributed by atoms with E-state index >= 15 is 0 Å². The van der Waals surface area contributed by atoms with E-state index in [4.69, 9.17) is 10.5 Å². The molecule has 0 unspecified atom stereocenters. The van der Waals surface area contributed by atoms with Crippen molar-refractivity contribution in [2.75, 3.05) is 19.7 Å². The summed E-state index contributed by atoms with van der Waals surface area (Å²) in [4.78, 5) is 14.1. The van der Waals surface area contributed by atoms with Crippen molar-refractivity contribution in [2.24, 2.45) is 5.73 Å². The van der Waals surface area contributed by atoms with E-state index in [1.165, 1.54) is 0 Å². The van der Waals surface area contributed by atoms with Crippen molar-refractivity contribution in [3.8, 4) is 0 Å². The molecular weight excluding hydrogens is 292 g/mol. The summed E-state index contributed by atoms with van der Waals surface area (Å²) in [6, 6.07) is 9.25. The van der Waals surface area contributed by atoms with Crippen molar-refractivity contribution in [2.45, 2.75) is 25.6 Å². The molecular formula is C17H22N4O2. The molecule has 2 aromatic rings. The number of amides is 1. The molecule has 3 rings (SSSR count). The van der Waals surface area contributed by atoms with Crippen molar-refractivity contribution >= 4 is 5.91 Å². The summed E-state index contributed by atoms with van der Waals surface area (Å²) in [5, 5.41) is 4.30. The molecule has 1 fully saturated rings. The minimum Gasteiger partial charge on any atom is -0.374 e. The number of aromatic nitrogens is 2. The van der Waals surface area contributed by atoms with Gasteiger partial charge in [0.25, 0.3) is 0 Å². The minimum absolute atomic E-state index is 0.00591. The van der Waals surface area contributed by atoms with Gasteiger partial charge < -0.3 is 10.5 Å². The highest BCUT2D eigenvalue weighted by Crippen LogP contribution is 2.23. The van der Waals surface area contributed by atoms with Crippen molar-refractivity contribution in [3.63, 3.8) is 0 Å². The number of aryl methyl sites for hydroxylation is 1. The summed E-state index contributed by atoms with van der Waals surface area (Å²) in [6.07, 6.45) is 3.82. The van der Waals surface area contributed by atoms with Crippen molar-refractivity contribution in [3.05, 3.63) is 53.9 Å². The van der Waals surface area contributed by atoms with E-state index in [1.54, 1.807) is 0 Å². The third-order valence-corrected chi connectivity index (χ3v) is 4.07. The van der Waals surface area contributed by atoms with Gasteiger partial charge in [-0.15, -0.1) is 0 Å². The quantitative estimate of drug-likeness (QED) is 0.897. The summed E-state index contributed by atoms with van der Waals surface area (Å²) < 4.78 is 7.71. The first kappa shape index (κ1) is 15.7. The molecule has 0 spiro atoms. The monoisotopic (exact) mass is 314 g/mol. The smallest absolute Gasteiger partial charge is 0.239 e. The van der Waals surface area contributed by atoms with Crippen molar-refractivity contribution < 1.29 is 9.53 Å². The zero-order valence-electron chi connectivity index (χ0n) is 13.3. The van der Waals surface area contributed by atoms with Crippen LogP contribution in [0.5, 0.6) is 0 Å². The van der Waals surface area contributed by atoms with Crippen LogP contribution in [-0.4, -0.2) is 46.4 Å². The van der Waals surface area contributed by atoms with Crippen LogP contribution in [0.4, 0.5) is 0 Å². The SMILES string of the molecule is Cc1cnn(C[C@H]2CN([C@@H](C(N)=O)c3ccccc3)CCO2)c1. The van der Waals surface area contributed by atoms with Crippen molar-refractivity contribution in [1.82, 2.24) is 14.7 Å². The number of hydrogen-bond donors (Lipinski definition) is 1. The van der Waals surface area contributed by atoms with Gasteiger partial charge in [-0.1, -0.05) is 30.3 Å². The number of ether oxygens (including phenoxy) is 1. The lowest BCUT2D eigenvalue weighted by Crippen LogP contribution is -2.49. The molecule has 1 aliphatic heterocycles. The van der Waals surface area contributed by atoms with E-state index in [2.05, 4.69) is 10.00 Å². The predicted octanol–water partition coefficient (Wildman–Crippen LogP) is 1.12. The maximum Gasteiger partial charge on any atom is 0.239 e. The number of rotatable bonds is 5. The Morgan fingerprint density at radius 3 is 2.87 bits per heavy atom. The first-order valence-electron chi connectivity index (χ1n) is 7.82. The lowest BCUT2D eigenvalue weighted by atomic mass is 10.0.